The van der Waals surface area contributed by atoms with E-state index in [9.17, 15) is 9.59 Å². The molecule has 2 amide bonds. The third kappa shape index (κ3) is 5.93. The van der Waals surface area contributed by atoms with Crippen LogP contribution in [0.3, 0.4) is 0 Å². The maximum absolute atomic E-state index is 12.6. The number of amides is 2. The SMILES string of the molecule is CCOC(=O)N1CCCC(C(=O)NCC(Nc2ccccc2)C(C)C)C1. The van der Waals surface area contributed by atoms with E-state index in [-0.39, 0.29) is 24.0 Å². The van der Waals surface area contributed by atoms with Crippen LogP contribution in [0.4, 0.5) is 10.5 Å². The molecule has 26 heavy (non-hydrogen) atoms. The Morgan fingerprint density at radius 3 is 2.65 bits per heavy atom. The van der Waals surface area contributed by atoms with Crippen LogP contribution in [0, 0.1) is 11.8 Å². The molecule has 2 unspecified atom stereocenters. The van der Waals surface area contributed by atoms with Gasteiger partial charge in [-0.2, -0.15) is 0 Å². The Bertz CT molecular complexity index is 577. The Morgan fingerprint density at radius 1 is 1.27 bits per heavy atom. The molecule has 1 aliphatic rings. The number of carbonyl (C=O) groups excluding carboxylic acids is 2. The number of rotatable bonds is 7. The van der Waals surface area contributed by atoms with Crippen molar-refractivity contribution in [1.29, 1.82) is 0 Å². The molecule has 2 rings (SSSR count). The van der Waals surface area contributed by atoms with Crippen molar-refractivity contribution in [1.82, 2.24) is 10.2 Å². The van der Waals surface area contributed by atoms with E-state index in [1.165, 1.54) is 0 Å². The minimum atomic E-state index is -0.323. The van der Waals surface area contributed by atoms with Gasteiger partial charge in [-0.3, -0.25) is 4.79 Å². The van der Waals surface area contributed by atoms with Crippen molar-refractivity contribution in [3.05, 3.63) is 30.3 Å². The number of para-hydroxylation sites is 1. The molecule has 0 spiro atoms. The third-order valence-electron chi connectivity index (χ3n) is 4.74. The summed E-state index contributed by atoms with van der Waals surface area (Å²) in [4.78, 5) is 26.1. The maximum Gasteiger partial charge on any atom is 0.409 e. The largest absolute Gasteiger partial charge is 0.450 e. The molecule has 6 heteroatoms. The first-order chi connectivity index (χ1) is 12.5. The van der Waals surface area contributed by atoms with Gasteiger partial charge in [0.2, 0.25) is 5.91 Å². The van der Waals surface area contributed by atoms with E-state index in [1.807, 2.05) is 30.3 Å². The number of hydrogen-bond donors (Lipinski definition) is 2. The molecule has 2 N–H and O–H groups in total. The Labute approximate surface area is 156 Å². The van der Waals surface area contributed by atoms with E-state index in [4.69, 9.17) is 4.74 Å². The molecule has 0 radical (unpaired) electrons. The molecule has 1 aliphatic heterocycles. The number of carbonyl (C=O) groups is 2. The van der Waals surface area contributed by atoms with E-state index in [0.29, 0.717) is 32.2 Å². The van der Waals surface area contributed by atoms with Gasteiger partial charge in [0, 0.05) is 31.4 Å². The van der Waals surface area contributed by atoms with Crippen LogP contribution in [0.25, 0.3) is 0 Å². The fourth-order valence-electron chi connectivity index (χ4n) is 3.13. The lowest BCUT2D eigenvalue weighted by atomic mass is 9.97. The number of nitrogens with one attached hydrogen (secondary N) is 2. The molecular weight excluding hydrogens is 330 g/mol. The molecule has 1 aromatic carbocycles. The Balaban J connectivity index is 1.86. The lowest BCUT2D eigenvalue weighted by Gasteiger charge is -2.32. The summed E-state index contributed by atoms with van der Waals surface area (Å²) in [6.07, 6.45) is 1.31. The first kappa shape index (κ1) is 20.1. The van der Waals surface area contributed by atoms with Crippen molar-refractivity contribution in [2.24, 2.45) is 11.8 Å². The number of piperidine rings is 1. The number of hydrogen-bond acceptors (Lipinski definition) is 4. The van der Waals surface area contributed by atoms with Crippen LogP contribution in [0.1, 0.15) is 33.6 Å². The molecule has 6 nitrogen and oxygen atoms in total. The summed E-state index contributed by atoms with van der Waals surface area (Å²) in [5.74, 6) is 0.218. The molecule has 1 heterocycles. The van der Waals surface area contributed by atoms with Crippen molar-refractivity contribution in [3.63, 3.8) is 0 Å². The standard InChI is InChI=1S/C20H31N3O3/c1-4-26-20(25)23-12-8-9-16(14-23)19(24)21-13-18(15(2)3)22-17-10-6-5-7-11-17/h5-7,10-11,15-16,18,22H,4,8-9,12-14H2,1-3H3,(H,21,24). The van der Waals surface area contributed by atoms with Crippen LogP contribution in [-0.4, -0.2) is 49.2 Å². The number of likely N-dealkylation sites (tertiary alicyclic amines) is 1. The van der Waals surface area contributed by atoms with Gasteiger partial charge < -0.3 is 20.3 Å². The van der Waals surface area contributed by atoms with Gasteiger partial charge in [0.1, 0.15) is 0 Å². The average molecular weight is 361 g/mol. The first-order valence-corrected chi connectivity index (χ1v) is 9.52. The summed E-state index contributed by atoms with van der Waals surface area (Å²) in [6, 6.07) is 10.2. The zero-order valence-electron chi connectivity index (χ0n) is 16.0. The van der Waals surface area contributed by atoms with Gasteiger partial charge in [0.05, 0.1) is 12.5 Å². The Hall–Kier alpha value is -2.24. The monoisotopic (exact) mass is 361 g/mol. The van der Waals surface area contributed by atoms with Crippen LogP contribution in [0.5, 0.6) is 0 Å². The van der Waals surface area contributed by atoms with Crippen molar-refractivity contribution >= 4 is 17.7 Å². The topological polar surface area (TPSA) is 70.7 Å². The number of anilines is 1. The van der Waals surface area contributed by atoms with Gasteiger partial charge in [-0.05, 0) is 37.8 Å². The summed E-state index contributed by atoms with van der Waals surface area (Å²) >= 11 is 0. The highest BCUT2D eigenvalue weighted by molar-refractivity contribution is 5.80. The Kier molecular flexibility index (Phi) is 7.75. The van der Waals surface area contributed by atoms with E-state index >= 15 is 0 Å². The molecule has 1 fully saturated rings. The minimum Gasteiger partial charge on any atom is -0.450 e. The van der Waals surface area contributed by atoms with Crippen molar-refractivity contribution < 1.29 is 14.3 Å². The second-order valence-electron chi connectivity index (χ2n) is 7.09. The van der Waals surface area contributed by atoms with Gasteiger partial charge in [-0.1, -0.05) is 32.0 Å². The summed E-state index contributed by atoms with van der Waals surface area (Å²) in [7, 11) is 0. The zero-order chi connectivity index (χ0) is 18.9. The lowest BCUT2D eigenvalue weighted by molar-refractivity contribution is -0.126. The van der Waals surface area contributed by atoms with Crippen molar-refractivity contribution in [2.45, 2.75) is 39.7 Å². The molecule has 1 aromatic rings. The third-order valence-corrected chi connectivity index (χ3v) is 4.74. The van der Waals surface area contributed by atoms with Crippen LogP contribution in [0.2, 0.25) is 0 Å². The molecule has 0 aliphatic carbocycles. The van der Waals surface area contributed by atoms with E-state index in [1.54, 1.807) is 11.8 Å². The van der Waals surface area contributed by atoms with Gasteiger partial charge in [0.25, 0.3) is 0 Å². The maximum atomic E-state index is 12.6. The second kappa shape index (κ2) is 10.0. The number of nitrogens with zero attached hydrogens (tertiary/aromatic N) is 1. The van der Waals surface area contributed by atoms with Gasteiger partial charge >= 0.3 is 6.09 Å². The Morgan fingerprint density at radius 2 is 2.00 bits per heavy atom. The fourth-order valence-corrected chi connectivity index (χ4v) is 3.13. The van der Waals surface area contributed by atoms with E-state index in [0.717, 1.165) is 18.5 Å². The van der Waals surface area contributed by atoms with E-state index < -0.39 is 0 Å². The highest BCUT2D eigenvalue weighted by atomic mass is 16.6. The molecule has 0 aromatic heterocycles. The second-order valence-corrected chi connectivity index (χ2v) is 7.09. The molecule has 144 valence electrons. The van der Waals surface area contributed by atoms with Crippen LogP contribution in [-0.2, 0) is 9.53 Å². The molecule has 0 bridgehead atoms. The van der Waals surface area contributed by atoms with Gasteiger partial charge in [-0.25, -0.2) is 4.79 Å². The quantitative estimate of drug-likeness (QED) is 0.783. The van der Waals surface area contributed by atoms with Gasteiger partial charge in [-0.15, -0.1) is 0 Å². The normalized spacial score (nSPS) is 18.3. The van der Waals surface area contributed by atoms with Crippen molar-refractivity contribution in [3.8, 4) is 0 Å². The lowest BCUT2D eigenvalue weighted by Crippen LogP contribution is -2.48. The highest BCUT2D eigenvalue weighted by Gasteiger charge is 2.29. The van der Waals surface area contributed by atoms with Crippen LogP contribution < -0.4 is 10.6 Å². The molecule has 1 saturated heterocycles. The summed E-state index contributed by atoms with van der Waals surface area (Å²) in [5, 5.41) is 6.55. The van der Waals surface area contributed by atoms with Crippen molar-refractivity contribution in [2.75, 3.05) is 31.6 Å². The molecular formula is C20H31N3O3. The molecule has 2 atom stereocenters. The van der Waals surface area contributed by atoms with Gasteiger partial charge in [0.15, 0.2) is 0 Å². The summed E-state index contributed by atoms with van der Waals surface area (Å²) in [6.45, 7) is 8.06. The highest BCUT2D eigenvalue weighted by Crippen LogP contribution is 2.18. The fraction of sp³-hybridized carbons (Fsp3) is 0.600. The zero-order valence-corrected chi connectivity index (χ0v) is 16.0. The number of benzene rings is 1. The summed E-state index contributed by atoms with van der Waals surface area (Å²) in [5.41, 5.74) is 1.05. The number of ether oxygens (including phenoxy) is 1. The predicted molar refractivity (Wildman–Crippen MR) is 103 cm³/mol. The minimum absolute atomic E-state index is 0.0134. The summed E-state index contributed by atoms with van der Waals surface area (Å²) < 4.78 is 5.05. The van der Waals surface area contributed by atoms with Crippen LogP contribution >= 0.6 is 0 Å². The molecule has 0 saturated carbocycles. The smallest absolute Gasteiger partial charge is 0.409 e. The first-order valence-electron chi connectivity index (χ1n) is 9.52. The predicted octanol–water partition coefficient (Wildman–Crippen LogP) is 3.11. The average Bonchev–Trinajstić information content (AvgIpc) is 2.65. The van der Waals surface area contributed by atoms with E-state index in [2.05, 4.69) is 24.5 Å². The van der Waals surface area contributed by atoms with Crippen LogP contribution in [0.15, 0.2) is 30.3 Å².